The highest BCUT2D eigenvalue weighted by atomic mass is 19.4. The fraction of sp³-hybridized carbons (Fsp3) is 0.0625. The lowest BCUT2D eigenvalue weighted by Gasteiger charge is -2.11. The first-order valence-electron chi connectivity index (χ1n) is 7.18. The Bertz CT molecular complexity index is 909. The fourth-order valence-corrected chi connectivity index (χ4v) is 2.06. The van der Waals surface area contributed by atoms with Crippen molar-refractivity contribution in [2.75, 3.05) is 10.6 Å². The predicted molar refractivity (Wildman–Crippen MR) is 84.2 cm³/mol. The number of hydrogen-bond acceptors (Lipinski definition) is 5. The molecule has 0 unspecified atom stereocenters. The van der Waals surface area contributed by atoms with E-state index in [1.807, 2.05) is 0 Å². The Morgan fingerprint density at radius 2 is 1.58 bits per heavy atom. The van der Waals surface area contributed by atoms with Gasteiger partial charge in [0.05, 0.1) is 11.8 Å². The van der Waals surface area contributed by atoms with E-state index in [1.54, 1.807) is 0 Å². The van der Waals surface area contributed by atoms with Crippen molar-refractivity contribution in [2.24, 2.45) is 0 Å². The first-order chi connectivity index (χ1) is 12.3. The molecule has 2 N–H and O–H groups in total. The molecule has 0 amide bonds. The molecule has 5 nitrogen and oxygen atoms in total. The van der Waals surface area contributed by atoms with Crippen LogP contribution in [0.2, 0.25) is 0 Å². The maximum absolute atomic E-state index is 13.7. The van der Waals surface area contributed by atoms with Crippen LogP contribution in [0.4, 0.5) is 45.1 Å². The van der Waals surface area contributed by atoms with Crippen LogP contribution in [0.25, 0.3) is 0 Å². The highest BCUT2D eigenvalue weighted by Gasteiger charge is 2.30. The summed E-state index contributed by atoms with van der Waals surface area (Å²) in [5.41, 5.74) is -1.20. The third-order valence-corrected chi connectivity index (χ3v) is 3.22. The minimum atomic E-state index is -4.50. The third kappa shape index (κ3) is 4.02. The predicted octanol–water partition coefficient (Wildman–Crippen LogP) is 4.66. The van der Waals surface area contributed by atoms with Crippen LogP contribution in [0.1, 0.15) is 5.56 Å². The quantitative estimate of drug-likeness (QED) is 0.657. The molecule has 0 saturated heterocycles. The molecule has 134 valence electrons. The van der Waals surface area contributed by atoms with Crippen molar-refractivity contribution < 1.29 is 22.0 Å². The Kier molecular flexibility index (Phi) is 4.65. The zero-order valence-corrected chi connectivity index (χ0v) is 12.9. The zero-order chi connectivity index (χ0) is 18.7. The molecular formula is C16H10F5N5. The van der Waals surface area contributed by atoms with Crippen molar-refractivity contribution in [1.29, 1.82) is 0 Å². The van der Waals surface area contributed by atoms with Crippen molar-refractivity contribution in [3.05, 3.63) is 65.9 Å². The number of halogens is 5. The summed E-state index contributed by atoms with van der Waals surface area (Å²) >= 11 is 0. The number of anilines is 4. The second kappa shape index (κ2) is 6.90. The molecule has 0 spiro atoms. The van der Waals surface area contributed by atoms with E-state index in [2.05, 4.69) is 25.8 Å². The highest BCUT2D eigenvalue weighted by Crippen LogP contribution is 2.31. The molecule has 0 fully saturated rings. The van der Waals surface area contributed by atoms with Crippen LogP contribution in [0.15, 0.2) is 48.7 Å². The third-order valence-electron chi connectivity index (χ3n) is 3.22. The Morgan fingerprint density at radius 3 is 2.27 bits per heavy atom. The van der Waals surface area contributed by atoms with Gasteiger partial charge >= 0.3 is 6.18 Å². The second-order valence-corrected chi connectivity index (χ2v) is 5.09. The standard InChI is InChI=1S/C16H10F5N5/c17-11-5-2-6-12(18)14(11)24-13-8-22-26-15(25-13)23-10-4-1-3-9(7-10)16(19,20)21/h1-8H,(H2,23,24,25,26). The lowest BCUT2D eigenvalue weighted by molar-refractivity contribution is -0.137. The smallest absolute Gasteiger partial charge is 0.334 e. The average molecular weight is 367 g/mol. The van der Waals surface area contributed by atoms with Gasteiger partial charge in [-0.25, -0.2) is 8.78 Å². The molecule has 0 saturated carbocycles. The van der Waals surface area contributed by atoms with Gasteiger partial charge in [0.25, 0.3) is 0 Å². The summed E-state index contributed by atoms with van der Waals surface area (Å²) in [6.45, 7) is 0. The second-order valence-electron chi connectivity index (χ2n) is 5.09. The molecule has 0 aliphatic carbocycles. The van der Waals surface area contributed by atoms with Crippen molar-refractivity contribution in [2.45, 2.75) is 6.18 Å². The maximum atomic E-state index is 13.7. The maximum Gasteiger partial charge on any atom is 0.416 e. The summed E-state index contributed by atoms with van der Waals surface area (Å²) < 4.78 is 65.5. The molecule has 1 heterocycles. The summed E-state index contributed by atoms with van der Waals surface area (Å²) in [6, 6.07) is 7.71. The van der Waals surface area contributed by atoms with E-state index in [-0.39, 0.29) is 17.5 Å². The van der Waals surface area contributed by atoms with Gasteiger partial charge in [-0.15, -0.1) is 5.10 Å². The van der Waals surface area contributed by atoms with Crippen molar-refractivity contribution in [3.63, 3.8) is 0 Å². The van der Waals surface area contributed by atoms with Gasteiger partial charge in [-0.05, 0) is 30.3 Å². The number of aromatic nitrogens is 3. The van der Waals surface area contributed by atoms with Gasteiger partial charge in [0.2, 0.25) is 5.95 Å². The molecule has 0 atom stereocenters. The van der Waals surface area contributed by atoms with E-state index in [0.717, 1.165) is 30.5 Å². The minimum absolute atomic E-state index is 0.0431. The monoisotopic (exact) mass is 367 g/mol. The molecule has 0 aliphatic heterocycles. The topological polar surface area (TPSA) is 62.7 Å². The molecule has 0 radical (unpaired) electrons. The lowest BCUT2D eigenvalue weighted by atomic mass is 10.2. The summed E-state index contributed by atoms with van der Waals surface area (Å²) in [5.74, 6) is -1.86. The Balaban J connectivity index is 1.82. The molecule has 0 bridgehead atoms. The van der Waals surface area contributed by atoms with Crippen LogP contribution in [-0.2, 0) is 6.18 Å². The van der Waals surface area contributed by atoms with E-state index in [0.29, 0.717) is 0 Å². The van der Waals surface area contributed by atoms with Crippen LogP contribution in [0, 0.1) is 11.6 Å². The average Bonchev–Trinajstić information content (AvgIpc) is 2.58. The highest BCUT2D eigenvalue weighted by molar-refractivity contribution is 5.60. The normalized spacial score (nSPS) is 11.3. The summed E-state index contributed by atoms with van der Waals surface area (Å²) in [5, 5.41) is 12.2. The van der Waals surface area contributed by atoms with Gasteiger partial charge in [-0.1, -0.05) is 12.1 Å². The number of alkyl halides is 3. The molecule has 26 heavy (non-hydrogen) atoms. The number of rotatable bonds is 4. The van der Waals surface area contributed by atoms with E-state index < -0.39 is 29.1 Å². The lowest BCUT2D eigenvalue weighted by Crippen LogP contribution is -2.07. The van der Waals surface area contributed by atoms with Crippen molar-refractivity contribution in [3.8, 4) is 0 Å². The van der Waals surface area contributed by atoms with Crippen molar-refractivity contribution >= 4 is 23.1 Å². The van der Waals surface area contributed by atoms with Gasteiger partial charge < -0.3 is 10.6 Å². The van der Waals surface area contributed by atoms with Gasteiger partial charge in [0.1, 0.15) is 17.3 Å². The van der Waals surface area contributed by atoms with Crippen molar-refractivity contribution in [1.82, 2.24) is 15.2 Å². The summed E-state index contributed by atoms with van der Waals surface area (Å²) in [6.07, 6.45) is -3.38. The van der Waals surface area contributed by atoms with Gasteiger partial charge in [0.15, 0.2) is 5.82 Å². The van der Waals surface area contributed by atoms with Crippen LogP contribution in [-0.4, -0.2) is 15.2 Å². The SMILES string of the molecule is Fc1cccc(F)c1Nc1cnnc(Nc2cccc(C(F)(F)F)c2)n1. The minimum Gasteiger partial charge on any atom is -0.334 e. The first kappa shape index (κ1) is 17.5. The molecule has 10 heteroatoms. The molecule has 2 aromatic carbocycles. The molecule has 1 aromatic heterocycles. The van der Waals surface area contributed by atoms with Gasteiger partial charge in [-0.3, -0.25) is 0 Å². The Hall–Kier alpha value is -3.30. The van der Waals surface area contributed by atoms with E-state index >= 15 is 0 Å². The number of nitrogens with one attached hydrogen (secondary N) is 2. The zero-order valence-electron chi connectivity index (χ0n) is 12.9. The number of para-hydroxylation sites is 1. The van der Waals surface area contributed by atoms with Gasteiger partial charge in [-0.2, -0.15) is 23.3 Å². The van der Waals surface area contributed by atoms with E-state index in [1.165, 1.54) is 18.2 Å². The molecular weight excluding hydrogens is 357 g/mol. The molecule has 3 rings (SSSR count). The number of hydrogen-bond donors (Lipinski definition) is 2. The largest absolute Gasteiger partial charge is 0.416 e. The molecule has 0 aliphatic rings. The first-order valence-corrected chi connectivity index (χ1v) is 7.18. The fourth-order valence-electron chi connectivity index (χ4n) is 2.06. The van der Waals surface area contributed by atoms with Gasteiger partial charge in [0, 0.05) is 5.69 Å². The van der Waals surface area contributed by atoms with E-state index in [9.17, 15) is 22.0 Å². The summed E-state index contributed by atoms with van der Waals surface area (Å²) in [4.78, 5) is 3.93. The summed E-state index contributed by atoms with van der Waals surface area (Å²) in [7, 11) is 0. The Labute approximate surface area is 143 Å². The Morgan fingerprint density at radius 1 is 0.885 bits per heavy atom. The number of nitrogens with zero attached hydrogens (tertiary/aromatic N) is 3. The van der Waals surface area contributed by atoms with Crippen LogP contribution in [0.5, 0.6) is 0 Å². The van der Waals surface area contributed by atoms with Crippen LogP contribution in [0.3, 0.4) is 0 Å². The van der Waals surface area contributed by atoms with E-state index in [4.69, 9.17) is 0 Å². The number of benzene rings is 2. The van der Waals surface area contributed by atoms with Crippen LogP contribution >= 0.6 is 0 Å². The molecule has 3 aromatic rings. The van der Waals surface area contributed by atoms with Crippen LogP contribution < -0.4 is 10.6 Å².